The van der Waals surface area contributed by atoms with E-state index in [1.807, 2.05) is 0 Å². The molecule has 0 aromatic heterocycles. The molecule has 0 fully saturated rings. The summed E-state index contributed by atoms with van der Waals surface area (Å²) in [7, 11) is 0. The summed E-state index contributed by atoms with van der Waals surface area (Å²) < 4.78 is 44.1. The zero-order chi connectivity index (χ0) is 20.0. The smallest absolute Gasteiger partial charge is 0.418 e. The number of amides is 2. The number of hydrogen-bond donors (Lipinski definition) is 2. The van der Waals surface area contributed by atoms with Crippen molar-refractivity contribution in [2.24, 2.45) is 0 Å². The van der Waals surface area contributed by atoms with E-state index in [1.54, 1.807) is 24.3 Å². The second-order valence-corrected chi connectivity index (χ2v) is 6.13. The van der Waals surface area contributed by atoms with Gasteiger partial charge in [-0.2, -0.15) is 13.2 Å². The molecule has 0 unspecified atom stereocenters. The summed E-state index contributed by atoms with van der Waals surface area (Å²) >= 11 is 11.3. The largest absolute Gasteiger partial charge is 0.484 e. The fourth-order valence-electron chi connectivity index (χ4n) is 1.96. The maximum atomic E-state index is 13.0. The number of carbonyl (C=O) groups excluding carboxylic acids is 2. The number of carbonyl (C=O) groups is 2. The Morgan fingerprint density at radius 1 is 0.963 bits per heavy atom. The van der Waals surface area contributed by atoms with Gasteiger partial charge in [-0.05, 0) is 42.5 Å². The molecule has 0 saturated heterocycles. The summed E-state index contributed by atoms with van der Waals surface area (Å²) in [6.45, 7) is -0.896. The summed E-state index contributed by atoms with van der Waals surface area (Å²) in [5.41, 5.74) is -1.54. The van der Waals surface area contributed by atoms with Crippen LogP contribution in [0.25, 0.3) is 0 Å². The third kappa shape index (κ3) is 6.65. The van der Waals surface area contributed by atoms with E-state index in [4.69, 9.17) is 27.9 Å². The molecule has 0 heterocycles. The third-order valence-corrected chi connectivity index (χ3v) is 3.68. The Bertz CT molecular complexity index is 827. The molecule has 0 saturated carbocycles. The average molecular weight is 421 g/mol. The highest BCUT2D eigenvalue weighted by atomic mass is 35.5. The Balaban J connectivity index is 1.85. The van der Waals surface area contributed by atoms with Crippen LogP contribution < -0.4 is 15.4 Å². The van der Waals surface area contributed by atoms with Crippen LogP contribution in [-0.2, 0) is 15.8 Å². The Morgan fingerprint density at radius 2 is 1.59 bits per heavy atom. The first kappa shape index (κ1) is 20.9. The number of ether oxygens (including phenoxy) is 1. The number of alkyl halides is 3. The third-order valence-electron chi connectivity index (χ3n) is 3.19. The molecule has 144 valence electrons. The van der Waals surface area contributed by atoms with E-state index in [2.05, 4.69) is 10.6 Å². The lowest BCUT2D eigenvalue weighted by Gasteiger charge is -2.14. The Hall–Kier alpha value is -2.45. The van der Waals surface area contributed by atoms with Crippen molar-refractivity contribution in [1.82, 2.24) is 5.32 Å². The maximum absolute atomic E-state index is 13.0. The first-order valence-electron chi connectivity index (χ1n) is 7.47. The highest BCUT2D eigenvalue weighted by Crippen LogP contribution is 2.36. The molecule has 27 heavy (non-hydrogen) atoms. The van der Waals surface area contributed by atoms with Crippen molar-refractivity contribution >= 4 is 40.7 Å². The molecule has 2 N–H and O–H groups in total. The fourth-order valence-corrected chi connectivity index (χ4v) is 2.26. The maximum Gasteiger partial charge on any atom is 0.418 e. The fraction of sp³-hybridized carbons (Fsp3) is 0.176. The van der Waals surface area contributed by atoms with Crippen LogP contribution in [0.1, 0.15) is 5.56 Å². The molecule has 0 radical (unpaired) electrons. The zero-order valence-corrected chi connectivity index (χ0v) is 15.1. The molecular weight excluding hydrogens is 408 g/mol. The van der Waals surface area contributed by atoms with E-state index in [1.165, 1.54) is 6.07 Å². The van der Waals surface area contributed by atoms with E-state index >= 15 is 0 Å². The Labute approximate surface area is 162 Å². The topological polar surface area (TPSA) is 67.4 Å². The predicted molar refractivity (Wildman–Crippen MR) is 95.0 cm³/mol. The van der Waals surface area contributed by atoms with Gasteiger partial charge in [0.15, 0.2) is 6.61 Å². The highest BCUT2D eigenvalue weighted by molar-refractivity contribution is 6.31. The lowest BCUT2D eigenvalue weighted by atomic mass is 10.1. The van der Waals surface area contributed by atoms with Crippen molar-refractivity contribution in [2.75, 3.05) is 18.5 Å². The molecule has 2 aromatic rings. The number of nitrogens with one attached hydrogen (secondary N) is 2. The number of benzene rings is 2. The number of hydrogen-bond acceptors (Lipinski definition) is 3. The number of halogens is 5. The van der Waals surface area contributed by atoms with Crippen LogP contribution in [0.15, 0.2) is 42.5 Å². The first-order valence-corrected chi connectivity index (χ1v) is 8.22. The molecule has 10 heteroatoms. The van der Waals surface area contributed by atoms with E-state index < -0.39 is 35.8 Å². The van der Waals surface area contributed by atoms with Gasteiger partial charge in [0.1, 0.15) is 5.75 Å². The summed E-state index contributed by atoms with van der Waals surface area (Å²) in [5.74, 6) is -1.05. The molecular formula is C17H13Cl2F3N2O3. The van der Waals surface area contributed by atoms with Crippen molar-refractivity contribution in [1.29, 1.82) is 0 Å². The Kier molecular flexibility index (Phi) is 6.92. The standard InChI is InChI=1S/C17H13Cl2F3N2O3/c18-10-1-4-12(5-2-10)27-9-16(26)23-8-15(25)24-14-6-3-11(19)7-13(14)17(20,21)22/h1-7H,8-9H2,(H,23,26)(H,24,25). The summed E-state index contributed by atoms with van der Waals surface area (Å²) in [5, 5.41) is 4.72. The molecule has 0 spiro atoms. The van der Waals surface area contributed by atoms with Crippen LogP contribution >= 0.6 is 23.2 Å². The second-order valence-electron chi connectivity index (χ2n) is 5.26. The van der Waals surface area contributed by atoms with Gasteiger partial charge >= 0.3 is 6.18 Å². The SMILES string of the molecule is O=C(COc1ccc(Cl)cc1)NCC(=O)Nc1ccc(Cl)cc1C(F)(F)F. The van der Waals surface area contributed by atoms with Crippen LogP contribution in [0, 0.1) is 0 Å². The first-order chi connectivity index (χ1) is 12.6. The molecule has 5 nitrogen and oxygen atoms in total. The van der Waals surface area contributed by atoms with E-state index in [0.717, 1.165) is 6.07 Å². The van der Waals surface area contributed by atoms with E-state index in [0.29, 0.717) is 16.8 Å². The second kappa shape index (κ2) is 8.96. The van der Waals surface area contributed by atoms with Gasteiger partial charge in [-0.3, -0.25) is 9.59 Å². The van der Waals surface area contributed by atoms with Gasteiger partial charge in [-0.15, -0.1) is 0 Å². The van der Waals surface area contributed by atoms with Gasteiger partial charge in [0, 0.05) is 10.0 Å². The number of anilines is 1. The molecule has 0 aliphatic carbocycles. The van der Waals surface area contributed by atoms with Gasteiger partial charge in [-0.1, -0.05) is 23.2 Å². The average Bonchev–Trinajstić information content (AvgIpc) is 2.60. The molecule has 2 rings (SSSR count). The molecule has 0 atom stereocenters. The van der Waals surface area contributed by atoms with Gasteiger partial charge in [0.2, 0.25) is 5.91 Å². The minimum Gasteiger partial charge on any atom is -0.484 e. The quantitative estimate of drug-likeness (QED) is 0.737. The lowest BCUT2D eigenvalue weighted by molar-refractivity contribution is -0.137. The van der Waals surface area contributed by atoms with Crippen LogP contribution in [-0.4, -0.2) is 25.0 Å². The zero-order valence-electron chi connectivity index (χ0n) is 13.6. The number of rotatable bonds is 6. The summed E-state index contributed by atoms with van der Waals surface area (Å²) in [6, 6.07) is 9.22. The summed E-state index contributed by atoms with van der Waals surface area (Å²) in [4.78, 5) is 23.5. The van der Waals surface area contributed by atoms with Crippen molar-refractivity contribution in [2.45, 2.75) is 6.18 Å². The molecule has 0 aliphatic heterocycles. The monoisotopic (exact) mass is 420 g/mol. The lowest BCUT2D eigenvalue weighted by Crippen LogP contribution is -2.36. The minimum atomic E-state index is -4.69. The predicted octanol–water partition coefficient (Wildman–Crippen LogP) is 4.15. The van der Waals surface area contributed by atoms with Crippen molar-refractivity contribution in [3.63, 3.8) is 0 Å². The minimum absolute atomic E-state index is 0.118. The van der Waals surface area contributed by atoms with Gasteiger partial charge in [-0.25, -0.2) is 0 Å². The van der Waals surface area contributed by atoms with Crippen molar-refractivity contribution in [3.8, 4) is 5.75 Å². The Morgan fingerprint density at radius 3 is 2.22 bits per heavy atom. The highest BCUT2D eigenvalue weighted by Gasteiger charge is 2.34. The van der Waals surface area contributed by atoms with Gasteiger partial charge in [0.05, 0.1) is 17.8 Å². The van der Waals surface area contributed by atoms with Crippen molar-refractivity contribution < 1.29 is 27.5 Å². The molecule has 0 aliphatic rings. The van der Waals surface area contributed by atoms with Crippen LogP contribution in [0.3, 0.4) is 0 Å². The van der Waals surface area contributed by atoms with Crippen molar-refractivity contribution in [3.05, 3.63) is 58.1 Å². The van der Waals surface area contributed by atoms with E-state index in [9.17, 15) is 22.8 Å². The summed E-state index contributed by atoms with van der Waals surface area (Å²) in [6.07, 6.45) is -4.69. The van der Waals surface area contributed by atoms with Gasteiger partial charge < -0.3 is 15.4 Å². The van der Waals surface area contributed by atoms with Gasteiger partial charge in [0.25, 0.3) is 5.91 Å². The molecule has 2 amide bonds. The molecule has 0 bridgehead atoms. The normalized spacial score (nSPS) is 11.0. The van der Waals surface area contributed by atoms with E-state index in [-0.39, 0.29) is 11.6 Å². The van der Waals surface area contributed by atoms with Crippen LogP contribution in [0.4, 0.5) is 18.9 Å². The molecule has 2 aromatic carbocycles. The van der Waals surface area contributed by atoms with Crippen LogP contribution in [0.2, 0.25) is 10.0 Å². The van der Waals surface area contributed by atoms with Crippen LogP contribution in [0.5, 0.6) is 5.75 Å².